The largest absolute Gasteiger partial charge is 0.345 e. The first-order valence-electron chi connectivity index (χ1n) is 7.58. The van der Waals surface area contributed by atoms with Gasteiger partial charge >= 0.3 is 0 Å². The predicted octanol–water partition coefficient (Wildman–Crippen LogP) is 4.66. The zero-order chi connectivity index (χ0) is 15.3. The van der Waals surface area contributed by atoms with Crippen LogP contribution in [0.5, 0.6) is 0 Å². The summed E-state index contributed by atoms with van der Waals surface area (Å²) in [6.45, 7) is 14.0. The monoisotopic (exact) mass is 296 g/mol. The quantitative estimate of drug-likeness (QED) is 0.686. The highest BCUT2D eigenvalue weighted by Crippen LogP contribution is 2.34. The Hall–Kier alpha value is -0.900. The SMILES string of the molecule is CCCCN(c1nc(C(C)(C)C)c(C=O)s1)C(C)CC. The van der Waals surface area contributed by atoms with Gasteiger partial charge in [-0.1, -0.05) is 52.4 Å². The van der Waals surface area contributed by atoms with Crippen molar-refractivity contribution in [3.05, 3.63) is 10.6 Å². The minimum atomic E-state index is -0.0864. The van der Waals surface area contributed by atoms with Crippen molar-refractivity contribution in [3.63, 3.8) is 0 Å². The fourth-order valence-corrected chi connectivity index (χ4v) is 3.33. The molecule has 0 aliphatic heterocycles. The van der Waals surface area contributed by atoms with E-state index in [1.807, 2.05) is 0 Å². The summed E-state index contributed by atoms with van der Waals surface area (Å²) in [7, 11) is 0. The first-order valence-corrected chi connectivity index (χ1v) is 8.39. The van der Waals surface area contributed by atoms with E-state index in [1.165, 1.54) is 17.8 Å². The summed E-state index contributed by atoms with van der Waals surface area (Å²) in [6.07, 6.45) is 4.37. The van der Waals surface area contributed by atoms with E-state index in [1.54, 1.807) is 0 Å². The molecule has 0 spiro atoms. The maximum absolute atomic E-state index is 11.3. The maximum Gasteiger partial charge on any atom is 0.186 e. The Morgan fingerprint density at radius 2 is 2.00 bits per heavy atom. The van der Waals surface area contributed by atoms with Crippen LogP contribution in [0, 0.1) is 0 Å². The molecule has 1 heterocycles. The van der Waals surface area contributed by atoms with E-state index in [9.17, 15) is 4.79 Å². The molecule has 3 nitrogen and oxygen atoms in total. The Morgan fingerprint density at radius 3 is 2.40 bits per heavy atom. The molecule has 0 amide bonds. The van der Waals surface area contributed by atoms with Gasteiger partial charge in [-0.3, -0.25) is 4.79 Å². The van der Waals surface area contributed by atoms with E-state index >= 15 is 0 Å². The number of thiazole rings is 1. The molecule has 0 fully saturated rings. The lowest BCUT2D eigenvalue weighted by Crippen LogP contribution is -2.33. The molecule has 0 aromatic carbocycles. The number of anilines is 1. The number of nitrogens with zero attached hydrogens (tertiary/aromatic N) is 2. The fraction of sp³-hybridized carbons (Fsp3) is 0.750. The van der Waals surface area contributed by atoms with Crippen molar-refractivity contribution >= 4 is 22.8 Å². The highest BCUT2D eigenvalue weighted by atomic mass is 32.1. The van der Waals surface area contributed by atoms with Crippen LogP contribution in [0.15, 0.2) is 0 Å². The molecule has 20 heavy (non-hydrogen) atoms. The number of unbranched alkanes of at least 4 members (excludes halogenated alkanes) is 1. The lowest BCUT2D eigenvalue weighted by Gasteiger charge is -2.28. The van der Waals surface area contributed by atoms with Gasteiger partial charge in [-0.15, -0.1) is 0 Å². The van der Waals surface area contributed by atoms with Crippen LogP contribution < -0.4 is 4.90 Å². The molecule has 0 saturated carbocycles. The molecule has 1 aromatic rings. The Bertz CT molecular complexity index is 434. The normalized spacial score (nSPS) is 13.3. The third-order valence-corrected chi connectivity index (χ3v) is 4.60. The van der Waals surface area contributed by atoms with Crippen molar-refractivity contribution in [1.29, 1.82) is 0 Å². The second-order valence-electron chi connectivity index (χ2n) is 6.38. The summed E-state index contributed by atoms with van der Waals surface area (Å²) >= 11 is 1.54. The van der Waals surface area contributed by atoms with E-state index in [-0.39, 0.29) is 5.41 Å². The molecular formula is C16H28N2OS. The lowest BCUT2D eigenvalue weighted by atomic mass is 9.91. The van der Waals surface area contributed by atoms with E-state index in [0.29, 0.717) is 6.04 Å². The second-order valence-corrected chi connectivity index (χ2v) is 7.39. The molecule has 0 radical (unpaired) electrons. The third kappa shape index (κ3) is 4.05. The molecule has 0 saturated heterocycles. The van der Waals surface area contributed by atoms with Gasteiger partial charge in [0.15, 0.2) is 11.4 Å². The standard InChI is InChI=1S/C16H28N2OS/c1-7-9-10-18(12(3)8-2)15-17-14(16(4,5)6)13(11-19)20-15/h11-12H,7-10H2,1-6H3. The number of carbonyl (C=O) groups excluding carboxylic acids is 1. The molecule has 0 N–H and O–H groups in total. The van der Waals surface area contributed by atoms with Crippen molar-refractivity contribution in [2.24, 2.45) is 0 Å². The summed E-state index contributed by atoms with van der Waals surface area (Å²) < 4.78 is 0. The van der Waals surface area contributed by atoms with Crippen molar-refractivity contribution in [1.82, 2.24) is 4.98 Å². The van der Waals surface area contributed by atoms with Gasteiger partial charge < -0.3 is 4.90 Å². The summed E-state index contributed by atoms with van der Waals surface area (Å²) in [4.78, 5) is 19.2. The van der Waals surface area contributed by atoms with Crippen LogP contribution in [-0.2, 0) is 5.41 Å². The molecule has 0 aliphatic carbocycles. The van der Waals surface area contributed by atoms with Crippen LogP contribution in [0.3, 0.4) is 0 Å². The minimum absolute atomic E-state index is 0.0864. The Balaban J connectivity index is 3.14. The number of rotatable bonds is 7. The Labute approximate surface area is 127 Å². The van der Waals surface area contributed by atoms with Gasteiger partial charge in [0.25, 0.3) is 0 Å². The Kier molecular flexibility index (Phi) is 6.18. The highest BCUT2D eigenvalue weighted by molar-refractivity contribution is 7.17. The van der Waals surface area contributed by atoms with E-state index in [2.05, 4.69) is 46.4 Å². The summed E-state index contributed by atoms with van der Waals surface area (Å²) in [5.41, 5.74) is 0.842. The van der Waals surface area contributed by atoms with Gasteiger partial charge in [0, 0.05) is 18.0 Å². The van der Waals surface area contributed by atoms with Gasteiger partial charge in [0.1, 0.15) is 0 Å². The summed E-state index contributed by atoms with van der Waals surface area (Å²) in [6, 6.07) is 0.458. The summed E-state index contributed by atoms with van der Waals surface area (Å²) in [5.74, 6) is 0. The van der Waals surface area contributed by atoms with Crippen molar-refractivity contribution < 1.29 is 4.79 Å². The zero-order valence-corrected chi connectivity index (χ0v) is 14.5. The smallest absolute Gasteiger partial charge is 0.186 e. The number of aromatic nitrogens is 1. The molecule has 1 unspecified atom stereocenters. The van der Waals surface area contributed by atoms with Gasteiger partial charge in [0.05, 0.1) is 10.6 Å². The van der Waals surface area contributed by atoms with Crippen LogP contribution in [0.1, 0.15) is 76.2 Å². The molecule has 4 heteroatoms. The highest BCUT2D eigenvalue weighted by Gasteiger charge is 2.26. The van der Waals surface area contributed by atoms with Gasteiger partial charge in [0.2, 0.25) is 0 Å². The number of hydrogen-bond donors (Lipinski definition) is 0. The van der Waals surface area contributed by atoms with Crippen molar-refractivity contribution in [3.8, 4) is 0 Å². The molecule has 114 valence electrons. The predicted molar refractivity (Wildman–Crippen MR) is 88.2 cm³/mol. The van der Waals surface area contributed by atoms with Crippen molar-refractivity contribution in [2.45, 2.75) is 72.3 Å². The fourth-order valence-electron chi connectivity index (χ4n) is 2.11. The third-order valence-electron chi connectivity index (χ3n) is 3.58. The molecule has 1 aromatic heterocycles. The van der Waals surface area contributed by atoms with E-state index < -0.39 is 0 Å². The van der Waals surface area contributed by atoms with Gasteiger partial charge in [-0.25, -0.2) is 4.98 Å². The first kappa shape index (κ1) is 17.2. The van der Waals surface area contributed by atoms with E-state index in [0.717, 1.165) is 41.4 Å². The minimum Gasteiger partial charge on any atom is -0.345 e. The average molecular weight is 296 g/mol. The maximum atomic E-state index is 11.3. The van der Waals surface area contributed by atoms with Crippen LogP contribution in [0.4, 0.5) is 5.13 Å². The van der Waals surface area contributed by atoms with Crippen LogP contribution in [-0.4, -0.2) is 23.9 Å². The van der Waals surface area contributed by atoms with Crippen molar-refractivity contribution in [2.75, 3.05) is 11.4 Å². The van der Waals surface area contributed by atoms with Gasteiger partial charge in [-0.2, -0.15) is 0 Å². The number of carbonyl (C=O) groups is 1. The first-order chi connectivity index (χ1) is 9.35. The van der Waals surface area contributed by atoms with Crippen LogP contribution in [0.2, 0.25) is 0 Å². The van der Waals surface area contributed by atoms with Gasteiger partial charge in [-0.05, 0) is 19.8 Å². The zero-order valence-electron chi connectivity index (χ0n) is 13.7. The molecule has 0 bridgehead atoms. The molecule has 0 aliphatic rings. The van der Waals surface area contributed by atoms with E-state index in [4.69, 9.17) is 4.98 Å². The Morgan fingerprint density at radius 1 is 1.35 bits per heavy atom. The summed E-state index contributed by atoms with van der Waals surface area (Å²) in [5, 5.41) is 1.000. The number of aldehydes is 1. The topological polar surface area (TPSA) is 33.2 Å². The molecule has 1 atom stereocenters. The molecular weight excluding hydrogens is 268 g/mol. The second kappa shape index (κ2) is 7.21. The average Bonchev–Trinajstić information content (AvgIpc) is 2.82. The van der Waals surface area contributed by atoms with Crippen LogP contribution >= 0.6 is 11.3 Å². The number of hydrogen-bond acceptors (Lipinski definition) is 4. The lowest BCUT2D eigenvalue weighted by molar-refractivity contribution is 0.112. The molecule has 1 rings (SSSR count). The van der Waals surface area contributed by atoms with Crippen LogP contribution in [0.25, 0.3) is 0 Å².